The molecule has 0 saturated heterocycles. The highest BCUT2D eigenvalue weighted by Crippen LogP contribution is 2.23. The van der Waals surface area contributed by atoms with Gasteiger partial charge in [0.2, 0.25) is 6.41 Å². The molecule has 7 nitrogen and oxygen atoms in total. The molecule has 0 aliphatic carbocycles. The Morgan fingerprint density at radius 1 is 1.53 bits per heavy atom. The molecule has 19 heavy (non-hydrogen) atoms. The molecule has 2 rings (SSSR count). The zero-order valence-corrected chi connectivity index (χ0v) is 11.1. The Kier molecular flexibility index (Phi) is 3.66. The van der Waals surface area contributed by atoms with E-state index < -0.39 is 0 Å². The molecular formula is C12H18N6O. The number of hydrogen-bond acceptors (Lipinski definition) is 6. The van der Waals surface area contributed by atoms with Gasteiger partial charge in [0.25, 0.3) is 0 Å². The second-order valence-electron chi connectivity index (χ2n) is 4.56. The topological polar surface area (TPSA) is 101 Å². The maximum Gasteiger partial charge on any atom is 0.210 e. The smallest absolute Gasteiger partial charge is 0.210 e. The maximum absolute atomic E-state index is 10.9. The molecule has 1 amide bonds. The highest BCUT2D eigenvalue weighted by Gasteiger charge is 2.26. The van der Waals surface area contributed by atoms with Crippen LogP contribution in [0.3, 0.4) is 0 Å². The fourth-order valence-electron chi connectivity index (χ4n) is 2.11. The van der Waals surface area contributed by atoms with Crippen LogP contribution in [0.25, 0.3) is 0 Å². The van der Waals surface area contributed by atoms with Gasteiger partial charge >= 0.3 is 0 Å². The number of nitrogens with zero attached hydrogens (tertiary/aromatic N) is 4. The number of nitrogens with two attached hydrogens (primary N) is 2. The molecule has 1 aliphatic heterocycles. The zero-order valence-electron chi connectivity index (χ0n) is 11.1. The number of rotatable bonds is 3. The van der Waals surface area contributed by atoms with Crippen molar-refractivity contribution in [2.75, 3.05) is 11.6 Å². The number of anilines is 1. The SMILES string of the molecule is Cc1cc(N(N)C2=C(N)C(C)N(C=O)CC2)ncn1. The third-order valence-electron chi connectivity index (χ3n) is 3.35. The van der Waals surface area contributed by atoms with Crippen LogP contribution in [0.5, 0.6) is 0 Å². The summed E-state index contributed by atoms with van der Waals surface area (Å²) in [5.74, 6) is 6.67. The van der Waals surface area contributed by atoms with Crippen LogP contribution in [0.15, 0.2) is 23.8 Å². The molecule has 0 saturated carbocycles. The van der Waals surface area contributed by atoms with Crippen molar-refractivity contribution in [3.05, 3.63) is 29.5 Å². The lowest BCUT2D eigenvalue weighted by Crippen LogP contribution is -2.46. The molecule has 0 radical (unpaired) electrons. The van der Waals surface area contributed by atoms with Crippen molar-refractivity contribution in [2.24, 2.45) is 11.6 Å². The standard InChI is InChI=1S/C12H18N6O/c1-8-5-11(16-6-15-8)18(14)10-3-4-17(7-19)9(2)12(10)13/h5-7,9H,3-4,13-14H2,1-2H3. The van der Waals surface area contributed by atoms with Gasteiger partial charge in [-0.25, -0.2) is 15.8 Å². The molecule has 0 bridgehead atoms. The summed E-state index contributed by atoms with van der Waals surface area (Å²) in [6.45, 7) is 4.34. The van der Waals surface area contributed by atoms with E-state index in [1.807, 2.05) is 13.8 Å². The Hall–Kier alpha value is -2.15. The minimum Gasteiger partial charge on any atom is -0.399 e. The van der Waals surface area contributed by atoms with Gasteiger partial charge in [-0.3, -0.25) is 9.80 Å². The van der Waals surface area contributed by atoms with Gasteiger partial charge in [0, 0.05) is 24.7 Å². The van der Waals surface area contributed by atoms with Crippen molar-refractivity contribution in [1.82, 2.24) is 14.9 Å². The summed E-state index contributed by atoms with van der Waals surface area (Å²) in [5, 5.41) is 1.47. The second kappa shape index (κ2) is 5.23. The summed E-state index contributed by atoms with van der Waals surface area (Å²) in [7, 11) is 0. The molecule has 1 unspecified atom stereocenters. The second-order valence-corrected chi connectivity index (χ2v) is 4.56. The van der Waals surface area contributed by atoms with Crippen molar-refractivity contribution < 1.29 is 4.79 Å². The molecule has 1 aliphatic rings. The summed E-state index contributed by atoms with van der Waals surface area (Å²) >= 11 is 0. The number of carbonyl (C=O) groups excluding carboxylic acids is 1. The highest BCUT2D eigenvalue weighted by atomic mass is 16.1. The van der Waals surface area contributed by atoms with E-state index >= 15 is 0 Å². The number of carbonyl (C=O) groups is 1. The number of hydrazine groups is 1. The monoisotopic (exact) mass is 262 g/mol. The third kappa shape index (κ3) is 2.50. The van der Waals surface area contributed by atoms with Gasteiger partial charge in [0.15, 0.2) is 5.82 Å². The molecule has 7 heteroatoms. The van der Waals surface area contributed by atoms with Gasteiger partial charge < -0.3 is 10.6 Å². The minimum atomic E-state index is -0.157. The lowest BCUT2D eigenvalue weighted by molar-refractivity contribution is -0.119. The predicted molar refractivity (Wildman–Crippen MR) is 71.5 cm³/mol. The lowest BCUT2D eigenvalue weighted by Gasteiger charge is -2.35. The van der Waals surface area contributed by atoms with Crippen LogP contribution < -0.4 is 16.6 Å². The van der Waals surface area contributed by atoms with Gasteiger partial charge in [-0.15, -0.1) is 0 Å². The van der Waals surface area contributed by atoms with Crippen molar-refractivity contribution >= 4 is 12.2 Å². The number of aryl methyl sites for hydroxylation is 1. The van der Waals surface area contributed by atoms with Crippen LogP contribution in [0.1, 0.15) is 19.0 Å². The first kappa shape index (κ1) is 13.3. The first-order valence-corrected chi connectivity index (χ1v) is 6.07. The predicted octanol–water partition coefficient (Wildman–Crippen LogP) is -0.114. The molecule has 2 heterocycles. The Balaban J connectivity index is 2.31. The summed E-state index contributed by atoms with van der Waals surface area (Å²) in [5.41, 5.74) is 8.30. The molecule has 102 valence electrons. The van der Waals surface area contributed by atoms with E-state index in [9.17, 15) is 4.79 Å². The highest BCUT2D eigenvalue weighted by molar-refractivity contribution is 5.52. The molecule has 1 aromatic rings. The largest absolute Gasteiger partial charge is 0.399 e. The number of amides is 1. The number of aromatic nitrogens is 2. The summed E-state index contributed by atoms with van der Waals surface area (Å²) in [4.78, 5) is 20.7. The molecule has 1 atom stereocenters. The van der Waals surface area contributed by atoms with Crippen LogP contribution in [0.4, 0.5) is 5.82 Å². The maximum atomic E-state index is 10.9. The molecule has 1 aromatic heterocycles. The first-order chi connectivity index (χ1) is 9.04. The Morgan fingerprint density at radius 3 is 2.89 bits per heavy atom. The van der Waals surface area contributed by atoms with E-state index in [0.717, 1.165) is 17.8 Å². The summed E-state index contributed by atoms with van der Waals surface area (Å²) < 4.78 is 0. The molecule has 0 fully saturated rings. The van der Waals surface area contributed by atoms with Crippen LogP contribution in [0, 0.1) is 6.92 Å². The average molecular weight is 262 g/mol. The quantitative estimate of drug-likeness (QED) is 0.447. The van der Waals surface area contributed by atoms with Gasteiger partial charge in [-0.05, 0) is 13.8 Å². The van der Waals surface area contributed by atoms with Crippen LogP contribution >= 0.6 is 0 Å². The summed E-state index contributed by atoms with van der Waals surface area (Å²) in [6.07, 6.45) is 2.88. The molecule has 0 aromatic carbocycles. The average Bonchev–Trinajstić information content (AvgIpc) is 2.41. The Bertz CT molecular complexity index is 515. The zero-order chi connectivity index (χ0) is 14.0. The van der Waals surface area contributed by atoms with Crippen molar-refractivity contribution in [3.8, 4) is 0 Å². The van der Waals surface area contributed by atoms with Crippen LogP contribution in [-0.4, -0.2) is 33.9 Å². The van der Waals surface area contributed by atoms with E-state index in [2.05, 4.69) is 9.97 Å². The van der Waals surface area contributed by atoms with E-state index in [4.69, 9.17) is 11.6 Å². The normalized spacial score (nSPS) is 19.5. The van der Waals surface area contributed by atoms with Gasteiger partial charge in [0.05, 0.1) is 17.4 Å². The molecule has 4 N–H and O–H groups in total. The number of hydrogen-bond donors (Lipinski definition) is 2. The van der Waals surface area contributed by atoms with Crippen molar-refractivity contribution in [3.63, 3.8) is 0 Å². The first-order valence-electron chi connectivity index (χ1n) is 6.07. The fourth-order valence-corrected chi connectivity index (χ4v) is 2.11. The van der Waals surface area contributed by atoms with Crippen LogP contribution in [-0.2, 0) is 4.79 Å². The van der Waals surface area contributed by atoms with Gasteiger partial charge in [0.1, 0.15) is 6.33 Å². The molecule has 0 spiro atoms. The van der Waals surface area contributed by atoms with Crippen molar-refractivity contribution in [1.29, 1.82) is 0 Å². The van der Waals surface area contributed by atoms with Crippen molar-refractivity contribution in [2.45, 2.75) is 26.3 Å². The molecular weight excluding hydrogens is 244 g/mol. The Morgan fingerprint density at radius 2 is 2.26 bits per heavy atom. The summed E-state index contributed by atoms with van der Waals surface area (Å²) in [6, 6.07) is 1.63. The van der Waals surface area contributed by atoms with E-state index in [-0.39, 0.29) is 6.04 Å². The van der Waals surface area contributed by atoms with E-state index in [0.29, 0.717) is 24.5 Å². The van der Waals surface area contributed by atoms with Gasteiger partial charge in [-0.2, -0.15) is 0 Å². The van der Waals surface area contributed by atoms with E-state index in [1.165, 1.54) is 11.3 Å². The Labute approximate surface area is 111 Å². The van der Waals surface area contributed by atoms with Crippen LogP contribution in [0.2, 0.25) is 0 Å². The minimum absolute atomic E-state index is 0.157. The van der Waals surface area contributed by atoms with Gasteiger partial charge in [-0.1, -0.05) is 0 Å². The van der Waals surface area contributed by atoms with E-state index in [1.54, 1.807) is 11.0 Å². The third-order valence-corrected chi connectivity index (χ3v) is 3.35. The lowest BCUT2D eigenvalue weighted by atomic mass is 10.1. The fraction of sp³-hybridized carbons (Fsp3) is 0.417.